The molecule has 0 spiro atoms. The second-order valence-corrected chi connectivity index (χ2v) is 5.68. The van der Waals surface area contributed by atoms with Crippen molar-refractivity contribution in [3.8, 4) is 11.5 Å². The van der Waals surface area contributed by atoms with Crippen LogP contribution in [0.5, 0.6) is 11.5 Å². The van der Waals surface area contributed by atoms with Gasteiger partial charge >= 0.3 is 0 Å². The van der Waals surface area contributed by atoms with Gasteiger partial charge in [-0.2, -0.15) is 0 Å². The molecule has 0 fully saturated rings. The molecule has 6 nitrogen and oxygen atoms in total. The van der Waals surface area contributed by atoms with Crippen LogP contribution in [-0.4, -0.2) is 33.4 Å². The molecule has 2 aromatic rings. The van der Waals surface area contributed by atoms with E-state index in [1.807, 2.05) is 19.2 Å². The van der Waals surface area contributed by atoms with Crippen molar-refractivity contribution in [3.05, 3.63) is 22.7 Å². The summed E-state index contributed by atoms with van der Waals surface area (Å²) in [5, 5.41) is 12.7. The molecule has 0 saturated carbocycles. The topological polar surface area (TPSA) is 62.1 Å². The van der Waals surface area contributed by atoms with E-state index in [9.17, 15) is 0 Å². The van der Waals surface area contributed by atoms with E-state index in [2.05, 4.69) is 15.5 Å². The lowest BCUT2D eigenvalue weighted by Gasteiger charge is -2.11. The molecule has 20 heavy (non-hydrogen) atoms. The van der Waals surface area contributed by atoms with Crippen molar-refractivity contribution in [2.75, 3.05) is 13.2 Å². The Hall–Kier alpha value is -1.47. The molecule has 1 aliphatic rings. The van der Waals surface area contributed by atoms with Crippen molar-refractivity contribution >= 4 is 23.4 Å². The highest BCUT2D eigenvalue weighted by molar-refractivity contribution is 7.98. The van der Waals surface area contributed by atoms with Crippen LogP contribution in [0, 0.1) is 0 Å². The molecule has 1 aliphatic heterocycles. The van der Waals surface area contributed by atoms with Gasteiger partial charge in [0.25, 0.3) is 0 Å². The molecule has 0 radical (unpaired) electrons. The Labute approximate surface area is 125 Å². The Bertz CT molecular complexity index is 619. The second-order valence-electron chi connectivity index (χ2n) is 4.33. The van der Waals surface area contributed by atoms with E-state index < -0.39 is 0 Å². The third kappa shape index (κ3) is 2.83. The molecule has 106 valence electrons. The highest BCUT2D eigenvalue weighted by Crippen LogP contribution is 2.39. The van der Waals surface area contributed by atoms with E-state index in [1.165, 1.54) is 0 Å². The Morgan fingerprint density at radius 2 is 2.20 bits per heavy atom. The summed E-state index contributed by atoms with van der Waals surface area (Å²) in [7, 11) is 1.81. The smallest absolute Gasteiger partial charge is 0.209 e. The van der Waals surface area contributed by atoms with E-state index in [-0.39, 0.29) is 0 Å². The van der Waals surface area contributed by atoms with Gasteiger partial charge in [-0.1, -0.05) is 23.4 Å². The zero-order valence-corrected chi connectivity index (χ0v) is 12.4. The van der Waals surface area contributed by atoms with Crippen LogP contribution in [0.25, 0.3) is 0 Å². The first kappa shape index (κ1) is 13.5. The van der Waals surface area contributed by atoms with E-state index in [0.29, 0.717) is 35.5 Å². The van der Waals surface area contributed by atoms with E-state index in [1.54, 1.807) is 16.4 Å². The average molecular weight is 313 g/mol. The van der Waals surface area contributed by atoms with Crippen molar-refractivity contribution in [1.29, 1.82) is 0 Å². The number of rotatable bonds is 3. The van der Waals surface area contributed by atoms with Crippen LogP contribution < -0.4 is 9.47 Å². The molecular formula is C12H13ClN4O2S. The van der Waals surface area contributed by atoms with Crippen LogP contribution in [0.2, 0.25) is 5.02 Å². The average Bonchev–Trinajstić information content (AvgIpc) is 2.70. The molecule has 0 saturated heterocycles. The summed E-state index contributed by atoms with van der Waals surface area (Å²) in [5.74, 6) is 2.06. The molecule has 8 heteroatoms. The SMILES string of the molecule is Cn1nnnc1SCc1cc(Cl)c2c(c1)OCCCO2. The van der Waals surface area contributed by atoms with E-state index in [4.69, 9.17) is 21.1 Å². The minimum absolute atomic E-state index is 0.580. The van der Waals surface area contributed by atoms with Crippen LogP contribution in [-0.2, 0) is 12.8 Å². The van der Waals surface area contributed by atoms with Gasteiger partial charge in [0, 0.05) is 19.2 Å². The van der Waals surface area contributed by atoms with Gasteiger partial charge in [-0.25, -0.2) is 4.68 Å². The Kier molecular flexibility index (Phi) is 3.98. The number of halogens is 1. The summed E-state index contributed by atoms with van der Waals surface area (Å²) in [4.78, 5) is 0. The molecule has 1 aromatic heterocycles. The molecule has 0 aliphatic carbocycles. The number of aromatic nitrogens is 4. The Balaban J connectivity index is 1.79. The number of ether oxygens (including phenoxy) is 2. The number of fused-ring (bicyclic) bond motifs is 1. The zero-order chi connectivity index (χ0) is 13.9. The van der Waals surface area contributed by atoms with Gasteiger partial charge in [0.1, 0.15) is 0 Å². The summed E-state index contributed by atoms with van der Waals surface area (Å²) >= 11 is 7.80. The van der Waals surface area contributed by atoms with Crippen molar-refractivity contribution in [3.63, 3.8) is 0 Å². The molecule has 0 unspecified atom stereocenters. The van der Waals surface area contributed by atoms with Crippen molar-refractivity contribution in [2.24, 2.45) is 7.05 Å². The quantitative estimate of drug-likeness (QED) is 0.811. The maximum Gasteiger partial charge on any atom is 0.209 e. The van der Waals surface area contributed by atoms with Gasteiger partial charge in [0.2, 0.25) is 5.16 Å². The van der Waals surface area contributed by atoms with Gasteiger partial charge in [-0.15, -0.1) is 5.10 Å². The molecule has 0 bridgehead atoms. The summed E-state index contributed by atoms with van der Waals surface area (Å²) in [5.41, 5.74) is 1.05. The predicted octanol–water partition coefficient (Wildman–Crippen LogP) is 2.32. The molecule has 2 heterocycles. The lowest BCUT2D eigenvalue weighted by Crippen LogP contribution is -1.97. The monoisotopic (exact) mass is 312 g/mol. The third-order valence-corrected chi connectivity index (χ3v) is 4.17. The van der Waals surface area contributed by atoms with Crippen LogP contribution in [0.4, 0.5) is 0 Å². The molecule has 0 atom stereocenters. The maximum absolute atomic E-state index is 6.25. The fourth-order valence-corrected chi connectivity index (χ4v) is 2.93. The van der Waals surface area contributed by atoms with Crippen LogP contribution in [0.1, 0.15) is 12.0 Å². The predicted molar refractivity (Wildman–Crippen MR) is 75.4 cm³/mol. The first-order valence-electron chi connectivity index (χ1n) is 6.17. The van der Waals surface area contributed by atoms with E-state index >= 15 is 0 Å². The van der Waals surface area contributed by atoms with Crippen LogP contribution in [0.3, 0.4) is 0 Å². The number of tetrazole rings is 1. The highest BCUT2D eigenvalue weighted by atomic mass is 35.5. The minimum Gasteiger partial charge on any atom is -0.489 e. The lowest BCUT2D eigenvalue weighted by atomic mass is 10.2. The second kappa shape index (κ2) is 5.88. The van der Waals surface area contributed by atoms with E-state index in [0.717, 1.165) is 17.1 Å². The normalized spacial score (nSPS) is 14.1. The number of benzene rings is 1. The number of nitrogens with zero attached hydrogens (tertiary/aromatic N) is 4. The Morgan fingerprint density at radius 1 is 1.35 bits per heavy atom. The first-order chi connectivity index (χ1) is 9.74. The largest absolute Gasteiger partial charge is 0.489 e. The first-order valence-corrected chi connectivity index (χ1v) is 7.53. The summed E-state index contributed by atoms with van der Waals surface area (Å²) in [6.07, 6.45) is 0.861. The minimum atomic E-state index is 0.580. The fraction of sp³-hybridized carbons (Fsp3) is 0.417. The summed E-state index contributed by atoms with van der Waals surface area (Å²) in [6.45, 7) is 1.28. The van der Waals surface area contributed by atoms with Gasteiger partial charge in [-0.3, -0.25) is 0 Å². The summed E-state index contributed by atoms with van der Waals surface area (Å²) in [6, 6.07) is 3.86. The summed E-state index contributed by atoms with van der Waals surface area (Å²) < 4.78 is 12.9. The number of thioether (sulfide) groups is 1. The van der Waals surface area contributed by atoms with Gasteiger partial charge in [-0.05, 0) is 28.1 Å². The molecule has 1 aromatic carbocycles. The third-order valence-electron chi connectivity index (χ3n) is 2.81. The Morgan fingerprint density at radius 3 is 3.00 bits per heavy atom. The lowest BCUT2D eigenvalue weighted by molar-refractivity contribution is 0.297. The molecule has 0 N–H and O–H groups in total. The standard InChI is InChI=1S/C12H13ClN4O2S/c1-17-12(14-15-16-17)20-7-8-5-9(13)11-10(6-8)18-3-2-4-19-11/h5-6H,2-4,7H2,1H3. The fourth-order valence-electron chi connectivity index (χ4n) is 1.86. The molecule has 0 amide bonds. The molecular weight excluding hydrogens is 300 g/mol. The van der Waals surface area contributed by atoms with Gasteiger partial charge in [0.15, 0.2) is 11.5 Å². The highest BCUT2D eigenvalue weighted by Gasteiger charge is 2.16. The van der Waals surface area contributed by atoms with Gasteiger partial charge in [0.05, 0.1) is 18.2 Å². The van der Waals surface area contributed by atoms with Crippen LogP contribution in [0.15, 0.2) is 17.3 Å². The van der Waals surface area contributed by atoms with Crippen molar-refractivity contribution < 1.29 is 9.47 Å². The number of hydrogen-bond donors (Lipinski definition) is 0. The zero-order valence-electron chi connectivity index (χ0n) is 10.9. The van der Waals surface area contributed by atoms with Crippen molar-refractivity contribution in [1.82, 2.24) is 20.2 Å². The maximum atomic E-state index is 6.25. The van der Waals surface area contributed by atoms with Crippen LogP contribution >= 0.6 is 23.4 Å². The molecule has 3 rings (SSSR count). The van der Waals surface area contributed by atoms with Gasteiger partial charge < -0.3 is 9.47 Å². The number of aryl methyl sites for hydroxylation is 1. The van der Waals surface area contributed by atoms with Crippen molar-refractivity contribution in [2.45, 2.75) is 17.3 Å². The number of hydrogen-bond acceptors (Lipinski definition) is 6.